The molecule has 1 atom stereocenters. The van der Waals surface area contributed by atoms with E-state index in [1.807, 2.05) is 48.5 Å². The number of rotatable bonds is 7. The van der Waals surface area contributed by atoms with E-state index in [4.69, 9.17) is 19.2 Å². The maximum atomic E-state index is 12.5. The Bertz CT molecular complexity index is 1040. The second-order valence-corrected chi connectivity index (χ2v) is 7.43. The van der Waals surface area contributed by atoms with Crippen molar-refractivity contribution in [3.8, 4) is 22.8 Å². The molecule has 1 aliphatic heterocycles. The lowest BCUT2D eigenvalue weighted by atomic mass is 10.1. The minimum Gasteiger partial charge on any atom is -0.497 e. The molecular formula is C24H26N4O4. The van der Waals surface area contributed by atoms with Gasteiger partial charge in [-0.3, -0.25) is 14.7 Å². The van der Waals surface area contributed by atoms with E-state index < -0.39 is 0 Å². The van der Waals surface area contributed by atoms with Gasteiger partial charge in [0.1, 0.15) is 17.6 Å². The SMILES string of the molecule is COc1ccc(NC(=O)CN2CCO[C@H](c3cncc(-c4ccc(OC)cc4)n3)C2)cc1. The van der Waals surface area contributed by atoms with Gasteiger partial charge in [-0.25, -0.2) is 4.98 Å². The molecule has 1 saturated heterocycles. The van der Waals surface area contributed by atoms with Gasteiger partial charge in [-0.05, 0) is 48.5 Å². The van der Waals surface area contributed by atoms with Crippen molar-refractivity contribution < 1.29 is 19.0 Å². The largest absolute Gasteiger partial charge is 0.497 e. The molecule has 0 bridgehead atoms. The summed E-state index contributed by atoms with van der Waals surface area (Å²) >= 11 is 0. The van der Waals surface area contributed by atoms with Crippen LogP contribution in [0.5, 0.6) is 11.5 Å². The summed E-state index contributed by atoms with van der Waals surface area (Å²) in [7, 11) is 3.25. The highest BCUT2D eigenvalue weighted by atomic mass is 16.5. The van der Waals surface area contributed by atoms with Gasteiger partial charge in [0.2, 0.25) is 5.91 Å². The van der Waals surface area contributed by atoms with E-state index in [-0.39, 0.29) is 18.6 Å². The van der Waals surface area contributed by atoms with Gasteiger partial charge >= 0.3 is 0 Å². The number of carbonyl (C=O) groups excluding carboxylic acids is 1. The van der Waals surface area contributed by atoms with Crippen LogP contribution in [0.3, 0.4) is 0 Å². The fourth-order valence-corrected chi connectivity index (χ4v) is 3.54. The first-order valence-electron chi connectivity index (χ1n) is 10.4. The lowest BCUT2D eigenvalue weighted by Gasteiger charge is -2.32. The molecular weight excluding hydrogens is 408 g/mol. The second kappa shape index (κ2) is 10.2. The molecule has 1 amide bonds. The van der Waals surface area contributed by atoms with Crippen molar-refractivity contribution >= 4 is 11.6 Å². The molecule has 0 spiro atoms. The number of nitrogens with one attached hydrogen (secondary N) is 1. The molecule has 166 valence electrons. The third kappa shape index (κ3) is 5.40. The van der Waals surface area contributed by atoms with Crippen LogP contribution in [0.15, 0.2) is 60.9 Å². The maximum absolute atomic E-state index is 12.5. The zero-order chi connectivity index (χ0) is 22.3. The average Bonchev–Trinajstić information content (AvgIpc) is 2.85. The Morgan fingerprint density at radius 3 is 2.44 bits per heavy atom. The number of benzene rings is 2. The first-order chi connectivity index (χ1) is 15.6. The van der Waals surface area contributed by atoms with Crippen LogP contribution in [0.1, 0.15) is 11.8 Å². The average molecular weight is 434 g/mol. The zero-order valence-corrected chi connectivity index (χ0v) is 18.2. The molecule has 0 saturated carbocycles. The van der Waals surface area contributed by atoms with Crippen LogP contribution in [-0.4, -0.2) is 61.2 Å². The fraction of sp³-hybridized carbons (Fsp3) is 0.292. The van der Waals surface area contributed by atoms with E-state index in [0.717, 1.165) is 34.1 Å². The van der Waals surface area contributed by atoms with Crippen molar-refractivity contribution in [2.45, 2.75) is 6.10 Å². The van der Waals surface area contributed by atoms with Gasteiger partial charge in [0.25, 0.3) is 0 Å². The van der Waals surface area contributed by atoms with Crippen LogP contribution in [0, 0.1) is 0 Å². The first kappa shape index (κ1) is 21.7. The van der Waals surface area contributed by atoms with Crippen molar-refractivity contribution in [3.05, 3.63) is 66.6 Å². The molecule has 3 aromatic rings. The van der Waals surface area contributed by atoms with Gasteiger partial charge in [0, 0.05) is 24.3 Å². The highest BCUT2D eigenvalue weighted by Crippen LogP contribution is 2.24. The van der Waals surface area contributed by atoms with Crippen molar-refractivity contribution in [2.24, 2.45) is 0 Å². The van der Waals surface area contributed by atoms with Gasteiger partial charge in [0.05, 0.1) is 51.2 Å². The van der Waals surface area contributed by atoms with E-state index in [2.05, 4.69) is 15.2 Å². The second-order valence-electron chi connectivity index (χ2n) is 7.43. The summed E-state index contributed by atoms with van der Waals surface area (Å²) in [6, 6.07) is 14.9. The third-order valence-corrected chi connectivity index (χ3v) is 5.26. The minimum absolute atomic E-state index is 0.0751. The van der Waals surface area contributed by atoms with Crippen LogP contribution in [-0.2, 0) is 9.53 Å². The number of aromatic nitrogens is 2. The van der Waals surface area contributed by atoms with Gasteiger partial charge < -0.3 is 19.5 Å². The molecule has 8 nitrogen and oxygen atoms in total. The van der Waals surface area contributed by atoms with Crippen LogP contribution in [0.4, 0.5) is 5.69 Å². The zero-order valence-electron chi connectivity index (χ0n) is 18.2. The van der Waals surface area contributed by atoms with E-state index in [1.54, 1.807) is 26.6 Å². The number of hydrogen-bond donors (Lipinski definition) is 1. The Balaban J connectivity index is 1.38. The molecule has 1 aromatic heterocycles. The summed E-state index contributed by atoms with van der Waals surface area (Å²) in [6.07, 6.45) is 3.20. The Kier molecular flexibility index (Phi) is 6.94. The standard InChI is InChI=1S/C24H26N4O4/c1-30-19-7-3-17(4-8-19)21-13-25-14-22(27-21)23-15-28(11-12-32-23)16-24(29)26-18-5-9-20(31-2)10-6-18/h3-10,13-14,23H,11-12,15-16H2,1-2H3,(H,26,29)/t23-/m0/s1. The quantitative estimate of drug-likeness (QED) is 0.611. The molecule has 2 aromatic carbocycles. The number of methoxy groups -OCH3 is 2. The smallest absolute Gasteiger partial charge is 0.238 e. The third-order valence-electron chi connectivity index (χ3n) is 5.26. The van der Waals surface area contributed by atoms with Gasteiger partial charge in [0.15, 0.2) is 0 Å². The van der Waals surface area contributed by atoms with Gasteiger partial charge in [-0.1, -0.05) is 0 Å². The molecule has 32 heavy (non-hydrogen) atoms. The summed E-state index contributed by atoms with van der Waals surface area (Å²) < 4.78 is 16.3. The summed E-state index contributed by atoms with van der Waals surface area (Å²) in [5, 5.41) is 2.92. The summed E-state index contributed by atoms with van der Waals surface area (Å²) in [5.41, 5.74) is 3.20. The first-order valence-corrected chi connectivity index (χ1v) is 10.4. The monoisotopic (exact) mass is 434 g/mol. The number of carbonyl (C=O) groups is 1. The number of nitrogens with zero attached hydrogens (tertiary/aromatic N) is 3. The molecule has 4 rings (SSSR count). The predicted octanol–water partition coefficient (Wildman–Crippen LogP) is 3.17. The number of hydrogen-bond acceptors (Lipinski definition) is 7. The van der Waals surface area contributed by atoms with Crippen molar-refractivity contribution in [3.63, 3.8) is 0 Å². The molecule has 1 aliphatic rings. The number of amides is 1. The van der Waals surface area contributed by atoms with Crippen LogP contribution >= 0.6 is 0 Å². The van der Waals surface area contributed by atoms with Gasteiger partial charge in [-0.15, -0.1) is 0 Å². The molecule has 1 N–H and O–H groups in total. The fourth-order valence-electron chi connectivity index (χ4n) is 3.54. The van der Waals surface area contributed by atoms with E-state index >= 15 is 0 Å². The minimum atomic E-state index is -0.247. The lowest BCUT2D eigenvalue weighted by Crippen LogP contribution is -2.42. The van der Waals surface area contributed by atoms with Crippen molar-refractivity contribution in [1.29, 1.82) is 0 Å². The van der Waals surface area contributed by atoms with Crippen LogP contribution in [0.25, 0.3) is 11.3 Å². The molecule has 0 aliphatic carbocycles. The maximum Gasteiger partial charge on any atom is 0.238 e. The molecule has 2 heterocycles. The summed E-state index contributed by atoms with van der Waals surface area (Å²) in [6.45, 7) is 2.04. The summed E-state index contributed by atoms with van der Waals surface area (Å²) in [4.78, 5) is 23.7. The molecule has 0 radical (unpaired) electrons. The molecule has 0 unspecified atom stereocenters. The van der Waals surface area contributed by atoms with Gasteiger partial charge in [-0.2, -0.15) is 0 Å². The van der Waals surface area contributed by atoms with Crippen molar-refractivity contribution in [2.75, 3.05) is 45.8 Å². The Hall–Kier alpha value is -3.49. The normalized spacial score (nSPS) is 16.4. The Morgan fingerprint density at radius 1 is 1.06 bits per heavy atom. The molecule has 1 fully saturated rings. The van der Waals surface area contributed by atoms with Crippen LogP contribution in [0.2, 0.25) is 0 Å². The highest BCUT2D eigenvalue weighted by Gasteiger charge is 2.25. The number of anilines is 1. The van der Waals surface area contributed by atoms with E-state index in [1.165, 1.54) is 0 Å². The lowest BCUT2D eigenvalue weighted by molar-refractivity contribution is -0.119. The Labute approximate surface area is 187 Å². The Morgan fingerprint density at radius 2 is 1.75 bits per heavy atom. The number of ether oxygens (including phenoxy) is 3. The van der Waals surface area contributed by atoms with E-state index in [9.17, 15) is 4.79 Å². The topological polar surface area (TPSA) is 85.8 Å². The summed E-state index contributed by atoms with van der Waals surface area (Å²) in [5.74, 6) is 1.46. The van der Waals surface area contributed by atoms with Crippen LogP contribution < -0.4 is 14.8 Å². The highest BCUT2D eigenvalue weighted by molar-refractivity contribution is 5.92. The van der Waals surface area contributed by atoms with E-state index in [0.29, 0.717) is 19.7 Å². The van der Waals surface area contributed by atoms with Crippen molar-refractivity contribution in [1.82, 2.24) is 14.9 Å². The predicted molar refractivity (Wildman–Crippen MR) is 121 cm³/mol. The number of morpholine rings is 1. The molecule has 8 heteroatoms.